The average molecular weight is 414 g/mol. The maximum atomic E-state index is 11.9. The zero-order valence-electron chi connectivity index (χ0n) is 15.5. The lowest BCUT2D eigenvalue weighted by molar-refractivity contribution is -0.790. The third-order valence-electron chi connectivity index (χ3n) is 3.87. The number of hydrogen-bond acceptors (Lipinski definition) is 9. The molecule has 12 heteroatoms. The van der Waals surface area contributed by atoms with Gasteiger partial charge in [0.15, 0.2) is 0 Å². The van der Waals surface area contributed by atoms with Crippen molar-refractivity contribution >= 4 is 11.9 Å². The van der Waals surface area contributed by atoms with Crippen LogP contribution in [0.1, 0.15) is 31.2 Å². The molecule has 0 heterocycles. The topological polar surface area (TPSA) is 168 Å². The van der Waals surface area contributed by atoms with E-state index in [4.69, 9.17) is 4.74 Å². The van der Waals surface area contributed by atoms with Crippen LogP contribution in [0.5, 0.6) is 0 Å². The summed E-state index contributed by atoms with van der Waals surface area (Å²) in [5.41, 5.74) is 0.793. The first-order valence-corrected chi connectivity index (χ1v) is 8.78. The van der Waals surface area contributed by atoms with Crippen molar-refractivity contribution in [1.82, 2.24) is 0 Å². The van der Waals surface area contributed by atoms with E-state index in [9.17, 15) is 34.9 Å². The minimum Gasteiger partial charge on any atom is -0.481 e. The predicted molar refractivity (Wildman–Crippen MR) is 95.5 cm³/mol. The molecule has 12 nitrogen and oxygen atoms in total. The summed E-state index contributed by atoms with van der Waals surface area (Å²) < 4.78 is 5.01. The van der Waals surface area contributed by atoms with E-state index in [0.717, 1.165) is 5.56 Å². The van der Waals surface area contributed by atoms with E-state index in [2.05, 4.69) is 9.68 Å². The molecule has 1 aromatic rings. The second-order valence-electron chi connectivity index (χ2n) is 6.12. The van der Waals surface area contributed by atoms with Gasteiger partial charge in [-0.2, -0.15) is 0 Å². The normalized spacial score (nSPS) is 12.4. The Labute approximate surface area is 165 Å². The van der Waals surface area contributed by atoms with Gasteiger partial charge in [-0.1, -0.05) is 30.3 Å². The SMILES string of the molecule is O=C(CC(Cc1ccccc1)C(=O)O)OCCCCC(CO[N+](=O)[O-])O[N+](=O)[O-]. The third-order valence-corrected chi connectivity index (χ3v) is 3.87. The quantitative estimate of drug-likeness (QED) is 0.193. The number of carboxylic acids is 1. The molecule has 0 fully saturated rings. The van der Waals surface area contributed by atoms with Crippen molar-refractivity contribution in [1.29, 1.82) is 0 Å². The molecule has 0 spiro atoms. The number of aliphatic carboxylic acids is 1. The maximum absolute atomic E-state index is 11.9. The van der Waals surface area contributed by atoms with E-state index in [1.165, 1.54) is 0 Å². The minimum atomic E-state index is -1.12. The zero-order valence-corrected chi connectivity index (χ0v) is 15.5. The number of unbranched alkanes of at least 4 members (excludes halogenated alkanes) is 1. The van der Waals surface area contributed by atoms with E-state index < -0.39 is 40.7 Å². The van der Waals surface area contributed by atoms with Gasteiger partial charge in [0.05, 0.1) is 18.9 Å². The van der Waals surface area contributed by atoms with Gasteiger partial charge in [0.1, 0.15) is 12.7 Å². The van der Waals surface area contributed by atoms with Crippen molar-refractivity contribution in [3.8, 4) is 0 Å². The number of carbonyl (C=O) groups excluding carboxylic acids is 1. The van der Waals surface area contributed by atoms with Crippen LogP contribution >= 0.6 is 0 Å². The molecular formula is C17H22N2O10. The number of esters is 1. The molecule has 0 aliphatic carbocycles. The summed E-state index contributed by atoms with van der Waals surface area (Å²) in [6.07, 6.45) is -0.487. The first kappa shape index (κ1) is 23.6. The van der Waals surface area contributed by atoms with Crippen molar-refractivity contribution in [2.75, 3.05) is 13.2 Å². The van der Waals surface area contributed by atoms with Crippen molar-refractivity contribution in [3.05, 3.63) is 56.1 Å². The summed E-state index contributed by atoms with van der Waals surface area (Å²) in [6.45, 7) is -0.606. The Balaban J connectivity index is 2.32. The molecule has 160 valence electrons. The molecule has 0 amide bonds. The van der Waals surface area contributed by atoms with Gasteiger partial charge < -0.3 is 19.5 Å². The Morgan fingerprint density at radius 1 is 1.07 bits per heavy atom. The van der Waals surface area contributed by atoms with Gasteiger partial charge in [-0.15, -0.1) is 20.2 Å². The van der Waals surface area contributed by atoms with Crippen LogP contribution in [0.4, 0.5) is 0 Å². The van der Waals surface area contributed by atoms with Gasteiger partial charge in [0.25, 0.3) is 10.2 Å². The zero-order chi connectivity index (χ0) is 21.6. The third kappa shape index (κ3) is 11.1. The van der Waals surface area contributed by atoms with E-state index in [1.54, 1.807) is 30.3 Å². The number of carboxylic acid groups (broad SMARTS) is 1. The highest BCUT2D eigenvalue weighted by molar-refractivity contribution is 5.79. The molecular weight excluding hydrogens is 392 g/mol. The van der Waals surface area contributed by atoms with Crippen LogP contribution in [0, 0.1) is 26.1 Å². The van der Waals surface area contributed by atoms with Crippen molar-refractivity contribution in [2.24, 2.45) is 5.92 Å². The Morgan fingerprint density at radius 3 is 2.34 bits per heavy atom. The number of ether oxygens (including phenoxy) is 1. The molecule has 0 aliphatic rings. The molecule has 0 saturated heterocycles. The predicted octanol–water partition coefficient (Wildman–Crippen LogP) is 1.82. The van der Waals surface area contributed by atoms with Gasteiger partial charge in [-0.05, 0) is 31.2 Å². The molecule has 0 saturated carbocycles. The van der Waals surface area contributed by atoms with Crippen LogP contribution in [-0.2, 0) is 30.4 Å². The highest BCUT2D eigenvalue weighted by atomic mass is 17.0. The van der Waals surface area contributed by atoms with Crippen LogP contribution in [0.15, 0.2) is 30.3 Å². The monoisotopic (exact) mass is 414 g/mol. The van der Waals surface area contributed by atoms with E-state index in [-0.39, 0.29) is 25.9 Å². The number of hydrogen-bond donors (Lipinski definition) is 1. The Hall–Kier alpha value is -3.44. The molecule has 2 unspecified atom stereocenters. The molecule has 1 rings (SSSR count). The molecule has 0 radical (unpaired) electrons. The smallest absolute Gasteiger partial charge is 0.307 e. The lowest BCUT2D eigenvalue weighted by Gasteiger charge is -2.14. The van der Waals surface area contributed by atoms with Gasteiger partial charge in [0.2, 0.25) is 0 Å². The van der Waals surface area contributed by atoms with E-state index in [0.29, 0.717) is 12.8 Å². The standard InChI is InChI=1S/C17H22N2O10/c20-16(11-14(17(21)22)10-13-6-2-1-3-7-13)27-9-5-4-8-15(29-19(25)26)12-28-18(23)24/h1-3,6-7,14-15H,4-5,8-12H2,(H,21,22). The number of carbonyl (C=O) groups is 2. The highest BCUT2D eigenvalue weighted by Crippen LogP contribution is 2.14. The molecule has 0 aromatic heterocycles. The van der Waals surface area contributed by atoms with Crippen LogP contribution in [-0.4, -0.2) is 46.5 Å². The molecule has 1 aromatic carbocycles. The number of nitrogens with zero attached hydrogens (tertiary/aromatic N) is 2. The lowest BCUT2D eigenvalue weighted by Crippen LogP contribution is -2.25. The molecule has 29 heavy (non-hydrogen) atoms. The summed E-state index contributed by atoms with van der Waals surface area (Å²) in [5, 5.41) is 27.7. The Morgan fingerprint density at radius 2 is 1.76 bits per heavy atom. The van der Waals surface area contributed by atoms with Gasteiger partial charge in [0, 0.05) is 0 Å². The summed E-state index contributed by atoms with van der Waals surface area (Å²) >= 11 is 0. The molecule has 0 aliphatic heterocycles. The second-order valence-corrected chi connectivity index (χ2v) is 6.12. The van der Waals surface area contributed by atoms with E-state index >= 15 is 0 Å². The van der Waals surface area contributed by atoms with Gasteiger partial charge in [-0.25, -0.2) is 0 Å². The second kappa shape index (κ2) is 12.9. The largest absolute Gasteiger partial charge is 0.481 e. The van der Waals surface area contributed by atoms with Gasteiger partial charge in [-0.3, -0.25) is 9.59 Å². The first-order valence-electron chi connectivity index (χ1n) is 8.78. The highest BCUT2D eigenvalue weighted by Gasteiger charge is 2.22. The molecule has 1 N–H and O–H groups in total. The Bertz CT molecular complexity index is 682. The van der Waals surface area contributed by atoms with Crippen LogP contribution < -0.4 is 0 Å². The van der Waals surface area contributed by atoms with Crippen LogP contribution in [0.3, 0.4) is 0 Å². The summed E-state index contributed by atoms with van der Waals surface area (Å²) in [4.78, 5) is 52.1. The van der Waals surface area contributed by atoms with E-state index in [1.807, 2.05) is 0 Å². The Kier molecular flexibility index (Phi) is 10.5. The maximum Gasteiger partial charge on any atom is 0.307 e. The summed E-state index contributed by atoms with van der Waals surface area (Å²) in [5.74, 6) is -2.68. The fourth-order valence-corrected chi connectivity index (χ4v) is 2.50. The summed E-state index contributed by atoms with van der Waals surface area (Å²) in [7, 11) is 0. The fourth-order valence-electron chi connectivity index (χ4n) is 2.50. The summed E-state index contributed by atoms with van der Waals surface area (Å²) in [6, 6.07) is 8.90. The van der Waals surface area contributed by atoms with Crippen molar-refractivity contribution in [3.63, 3.8) is 0 Å². The van der Waals surface area contributed by atoms with Gasteiger partial charge >= 0.3 is 11.9 Å². The number of rotatable bonds is 15. The molecule has 0 bridgehead atoms. The first-order chi connectivity index (χ1) is 13.8. The average Bonchev–Trinajstić information content (AvgIpc) is 2.65. The molecule has 2 atom stereocenters. The number of benzene rings is 1. The minimum absolute atomic E-state index is 0.0161. The van der Waals surface area contributed by atoms with Crippen molar-refractivity contribution in [2.45, 2.75) is 38.2 Å². The lowest BCUT2D eigenvalue weighted by atomic mass is 9.96. The van der Waals surface area contributed by atoms with Crippen LogP contribution in [0.25, 0.3) is 0 Å². The fraction of sp³-hybridized carbons (Fsp3) is 0.529. The van der Waals surface area contributed by atoms with Crippen LogP contribution in [0.2, 0.25) is 0 Å². The van der Waals surface area contributed by atoms with Crippen molar-refractivity contribution < 1.29 is 39.3 Å².